The van der Waals surface area contributed by atoms with Gasteiger partial charge in [-0.3, -0.25) is 0 Å². The Morgan fingerprint density at radius 2 is 1.64 bits per heavy atom. The molecular formula is C21H25NO3. The summed E-state index contributed by atoms with van der Waals surface area (Å²) >= 11 is 0. The number of carbonyl (C=O) groups is 1. The molecule has 25 heavy (non-hydrogen) atoms. The van der Waals surface area contributed by atoms with Crippen LogP contribution in [0.1, 0.15) is 30.9 Å². The van der Waals surface area contributed by atoms with Gasteiger partial charge in [-0.05, 0) is 28.2 Å². The smallest absolute Gasteiger partial charge is 0.409 e. The van der Waals surface area contributed by atoms with Crippen molar-refractivity contribution in [2.75, 3.05) is 26.3 Å². The Balaban J connectivity index is 1.76. The van der Waals surface area contributed by atoms with E-state index in [1.165, 1.54) is 22.3 Å². The van der Waals surface area contributed by atoms with Gasteiger partial charge in [0.1, 0.15) is 6.61 Å². The number of hydrogen-bond donors (Lipinski definition) is 1. The summed E-state index contributed by atoms with van der Waals surface area (Å²) < 4.78 is 5.63. The van der Waals surface area contributed by atoms with Gasteiger partial charge in [-0.1, -0.05) is 62.4 Å². The molecule has 4 heteroatoms. The van der Waals surface area contributed by atoms with Crippen molar-refractivity contribution in [3.05, 3.63) is 59.7 Å². The van der Waals surface area contributed by atoms with Gasteiger partial charge < -0.3 is 14.7 Å². The average Bonchev–Trinajstić information content (AvgIpc) is 2.93. The molecule has 1 N–H and O–H groups in total. The van der Waals surface area contributed by atoms with Gasteiger partial charge in [0.2, 0.25) is 0 Å². The second-order valence-corrected chi connectivity index (χ2v) is 6.87. The Kier molecular flexibility index (Phi) is 5.39. The number of carbonyl (C=O) groups excluding carboxylic acids is 1. The topological polar surface area (TPSA) is 49.8 Å². The maximum Gasteiger partial charge on any atom is 0.409 e. The van der Waals surface area contributed by atoms with Crippen molar-refractivity contribution in [2.45, 2.75) is 19.8 Å². The van der Waals surface area contributed by atoms with Crippen LogP contribution in [-0.4, -0.2) is 42.4 Å². The number of rotatable bonds is 6. The predicted molar refractivity (Wildman–Crippen MR) is 98.6 cm³/mol. The quantitative estimate of drug-likeness (QED) is 0.869. The maximum absolute atomic E-state index is 12.4. The van der Waals surface area contributed by atoms with Gasteiger partial charge >= 0.3 is 6.09 Å². The Morgan fingerprint density at radius 3 is 2.16 bits per heavy atom. The first kappa shape index (κ1) is 17.5. The van der Waals surface area contributed by atoms with E-state index in [9.17, 15) is 9.90 Å². The van der Waals surface area contributed by atoms with E-state index in [0.717, 1.165) is 0 Å². The molecule has 0 unspecified atom stereocenters. The van der Waals surface area contributed by atoms with Crippen LogP contribution in [0.5, 0.6) is 0 Å². The van der Waals surface area contributed by atoms with Crippen LogP contribution in [0.2, 0.25) is 0 Å². The molecule has 2 aromatic rings. The van der Waals surface area contributed by atoms with E-state index in [4.69, 9.17) is 4.74 Å². The van der Waals surface area contributed by atoms with Crippen molar-refractivity contribution >= 4 is 6.09 Å². The first-order chi connectivity index (χ1) is 12.1. The fourth-order valence-electron chi connectivity index (χ4n) is 3.50. The van der Waals surface area contributed by atoms with E-state index in [1.807, 2.05) is 38.1 Å². The molecule has 1 amide bonds. The van der Waals surface area contributed by atoms with Gasteiger partial charge in [0.15, 0.2) is 0 Å². The number of benzene rings is 2. The van der Waals surface area contributed by atoms with Crippen LogP contribution in [-0.2, 0) is 4.74 Å². The van der Waals surface area contributed by atoms with E-state index < -0.39 is 0 Å². The average molecular weight is 339 g/mol. The summed E-state index contributed by atoms with van der Waals surface area (Å²) in [5.74, 6) is 0.387. The summed E-state index contributed by atoms with van der Waals surface area (Å²) in [6, 6.07) is 16.6. The summed E-state index contributed by atoms with van der Waals surface area (Å²) in [6.45, 7) is 5.22. The van der Waals surface area contributed by atoms with Gasteiger partial charge in [-0.2, -0.15) is 0 Å². The van der Waals surface area contributed by atoms with Crippen molar-refractivity contribution in [3.63, 3.8) is 0 Å². The molecule has 0 saturated heterocycles. The van der Waals surface area contributed by atoms with Crippen LogP contribution in [0.15, 0.2) is 48.5 Å². The Bertz CT molecular complexity index is 696. The lowest BCUT2D eigenvalue weighted by atomic mass is 9.98. The first-order valence-corrected chi connectivity index (χ1v) is 8.82. The molecule has 4 nitrogen and oxygen atoms in total. The summed E-state index contributed by atoms with van der Waals surface area (Å²) in [7, 11) is 0. The van der Waals surface area contributed by atoms with Crippen LogP contribution in [0.3, 0.4) is 0 Å². The molecule has 0 heterocycles. The highest BCUT2D eigenvalue weighted by atomic mass is 16.6. The van der Waals surface area contributed by atoms with Gasteiger partial charge in [0, 0.05) is 19.0 Å². The monoisotopic (exact) mass is 339 g/mol. The van der Waals surface area contributed by atoms with Gasteiger partial charge in [-0.25, -0.2) is 4.79 Å². The van der Waals surface area contributed by atoms with Crippen LogP contribution in [0.25, 0.3) is 11.1 Å². The van der Waals surface area contributed by atoms with Crippen LogP contribution < -0.4 is 0 Å². The SMILES string of the molecule is CC(C)CN(CCO)C(=O)OCC1c2ccccc2-c2ccccc21. The molecule has 0 aliphatic heterocycles. The molecule has 0 saturated carbocycles. The zero-order valence-electron chi connectivity index (χ0n) is 14.8. The summed E-state index contributed by atoms with van der Waals surface area (Å²) in [4.78, 5) is 14.0. The summed E-state index contributed by atoms with van der Waals surface area (Å²) in [5, 5.41) is 9.19. The third-order valence-electron chi connectivity index (χ3n) is 4.55. The molecule has 0 fully saturated rings. The van der Waals surface area contributed by atoms with Gasteiger partial charge in [0.05, 0.1) is 6.61 Å². The van der Waals surface area contributed by atoms with Gasteiger partial charge in [0.25, 0.3) is 0 Å². The molecule has 0 aromatic heterocycles. The molecular weight excluding hydrogens is 314 g/mol. The second-order valence-electron chi connectivity index (χ2n) is 6.87. The first-order valence-electron chi connectivity index (χ1n) is 8.82. The minimum atomic E-state index is -0.357. The minimum Gasteiger partial charge on any atom is -0.448 e. The number of ether oxygens (including phenoxy) is 1. The third-order valence-corrected chi connectivity index (χ3v) is 4.55. The lowest BCUT2D eigenvalue weighted by molar-refractivity contribution is 0.0874. The number of aliphatic hydroxyl groups excluding tert-OH is 1. The van der Waals surface area contributed by atoms with E-state index in [1.54, 1.807) is 4.90 Å². The third kappa shape index (κ3) is 3.69. The highest BCUT2D eigenvalue weighted by molar-refractivity contribution is 5.79. The van der Waals surface area contributed by atoms with Crippen LogP contribution >= 0.6 is 0 Å². The molecule has 3 rings (SSSR count). The highest BCUT2D eigenvalue weighted by Gasteiger charge is 2.29. The van der Waals surface area contributed by atoms with E-state index >= 15 is 0 Å². The lowest BCUT2D eigenvalue weighted by Crippen LogP contribution is -2.37. The largest absolute Gasteiger partial charge is 0.448 e. The maximum atomic E-state index is 12.4. The summed E-state index contributed by atoms with van der Waals surface area (Å²) in [6.07, 6.45) is -0.357. The van der Waals surface area contributed by atoms with E-state index in [2.05, 4.69) is 24.3 Å². The fraction of sp³-hybridized carbons (Fsp3) is 0.381. The number of hydrogen-bond acceptors (Lipinski definition) is 3. The highest BCUT2D eigenvalue weighted by Crippen LogP contribution is 2.44. The van der Waals surface area contributed by atoms with Crippen molar-refractivity contribution in [3.8, 4) is 11.1 Å². The Morgan fingerprint density at radius 1 is 1.08 bits per heavy atom. The standard InChI is InChI=1S/C21H25NO3/c1-15(2)13-22(11-12-23)21(24)25-14-20-18-9-5-3-7-16(18)17-8-4-6-10-19(17)20/h3-10,15,20,23H,11-14H2,1-2H3. The molecule has 0 radical (unpaired) electrons. The molecule has 0 bridgehead atoms. The molecule has 0 spiro atoms. The van der Waals surface area contributed by atoms with Crippen molar-refractivity contribution in [1.82, 2.24) is 4.90 Å². The number of nitrogens with zero attached hydrogens (tertiary/aromatic N) is 1. The van der Waals surface area contributed by atoms with Gasteiger partial charge in [-0.15, -0.1) is 0 Å². The van der Waals surface area contributed by atoms with E-state index in [-0.39, 0.29) is 18.6 Å². The normalized spacial score (nSPS) is 12.8. The van der Waals surface area contributed by atoms with E-state index in [0.29, 0.717) is 25.6 Å². The summed E-state index contributed by atoms with van der Waals surface area (Å²) in [5.41, 5.74) is 4.84. The minimum absolute atomic E-state index is 0.0586. The fourth-order valence-corrected chi connectivity index (χ4v) is 3.50. The Labute approximate surface area is 149 Å². The number of fused-ring (bicyclic) bond motifs is 3. The lowest BCUT2D eigenvalue weighted by Gasteiger charge is -2.24. The van der Waals surface area contributed by atoms with Crippen molar-refractivity contribution in [2.24, 2.45) is 5.92 Å². The molecule has 0 atom stereocenters. The number of aliphatic hydroxyl groups is 1. The molecule has 1 aliphatic rings. The molecule has 1 aliphatic carbocycles. The molecule has 2 aromatic carbocycles. The molecule has 132 valence electrons. The number of amides is 1. The zero-order valence-corrected chi connectivity index (χ0v) is 14.8. The second kappa shape index (κ2) is 7.70. The zero-order chi connectivity index (χ0) is 17.8. The Hall–Kier alpha value is -2.33. The van der Waals surface area contributed by atoms with Crippen molar-refractivity contribution in [1.29, 1.82) is 0 Å². The predicted octanol–water partition coefficient (Wildman–Crippen LogP) is 3.89. The van der Waals surface area contributed by atoms with Crippen LogP contribution in [0.4, 0.5) is 4.79 Å². The van der Waals surface area contributed by atoms with Crippen LogP contribution in [0, 0.1) is 5.92 Å². The van der Waals surface area contributed by atoms with Crippen molar-refractivity contribution < 1.29 is 14.6 Å².